The van der Waals surface area contributed by atoms with Crippen LogP contribution in [0.5, 0.6) is 0 Å². The first kappa shape index (κ1) is 18.2. The standard InChI is InChI=1S/C19H17ClFN3O2S/c20-16-8-14(21)1-2-15(16)19(26)3-5-24(6-4-19)18(25)12-7-17(27-11-12)13-9-22-23-10-13/h1-2,7-11,26H,3-6H2,(H,22,23). The number of carbonyl (C=O) groups is 1. The number of aromatic amines is 1. The molecular weight excluding hydrogens is 389 g/mol. The molecule has 1 amide bonds. The van der Waals surface area contributed by atoms with E-state index in [0.29, 0.717) is 37.1 Å². The fraction of sp³-hybridized carbons (Fsp3) is 0.263. The second-order valence-corrected chi connectivity index (χ2v) is 7.95. The molecule has 0 bridgehead atoms. The summed E-state index contributed by atoms with van der Waals surface area (Å²) >= 11 is 7.60. The molecule has 5 nitrogen and oxygen atoms in total. The molecule has 8 heteroatoms. The highest BCUT2D eigenvalue weighted by Gasteiger charge is 2.37. The van der Waals surface area contributed by atoms with Crippen molar-refractivity contribution in [3.8, 4) is 10.4 Å². The number of benzene rings is 1. The number of thiophene rings is 1. The summed E-state index contributed by atoms with van der Waals surface area (Å²) in [6, 6.07) is 5.87. The highest BCUT2D eigenvalue weighted by molar-refractivity contribution is 7.13. The van der Waals surface area contributed by atoms with Crippen LogP contribution >= 0.6 is 22.9 Å². The van der Waals surface area contributed by atoms with E-state index in [4.69, 9.17) is 11.6 Å². The number of likely N-dealkylation sites (tertiary alicyclic amines) is 1. The first-order valence-corrected chi connectivity index (χ1v) is 9.77. The number of nitrogens with one attached hydrogen (secondary N) is 1. The fourth-order valence-corrected chi connectivity index (χ4v) is 4.59. The molecule has 1 aliphatic heterocycles. The Kier molecular flexibility index (Phi) is 4.75. The molecule has 0 radical (unpaired) electrons. The molecule has 27 heavy (non-hydrogen) atoms. The maximum absolute atomic E-state index is 13.3. The summed E-state index contributed by atoms with van der Waals surface area (Å²) in [6.07, 6.45) is 4.20. The van der Waals surface area contributed by atoms with E-state index in [1.807, 2.05) is 11.4 Å². The van der Waals surface area contributed by atoms with Crippen molar-refractivity contribution in [2.24, 2.45) is 0 Å². The summed E-state index contributed by atoms with van der Waals surface area (Å²) in [7, 11) is 0. The molecule has 2 aromatic heterocycles. The van der Waals surface area contributed by atoms with Gasteiger partial charge in [-0.15, -0.1) is 11.3 Å². The lowest BCUT2D eigenvalue weighted by molar-refractivity contribution is -0.0210. The molecular formula is C19H17ClFN3O2S. The smallest absolute Gasteiger partial charge is 0.254 e. The number of H-pyrrole nitrogens is 1. The van der Waals surface area contributed by atoms with Gasteiger partial charge in [-0.3, -0.25) is 9.89 Å². The van der Waals surface area contributed by atoms with Gasteiger partial charge in [0, 0.05) is 45.7 Å². The van der Waals surface area contributed by atoms with Gasteiger partial charge in [0.15, 0.2) is 0 Å². The molecule has 1 fully saturated rings. The zero-order valence-corrected chi connectivity index (χ0v) is 15.9. The Hall–Kier alpha value is -2.22. The number of hydrogen-bond acceptors (Lipinski definition) is 4. The van der Waals surface area contributed by atoms with Gasteiger partial charge in [0.05, 0.1) is 17.4 Å². The SMILES string of the molecule is O=C(c1csc(-c2cn[nH]c2)c1)N1CCC(O)(c2ccc(F)cc2Cl)CC1. The van der Waals surface area contributed by atoms with Crippen molar-refractivity contribution in [1.29, 1.82) is 0 Å². The highest BCUT2D eigenvalue weighted by Crippen LogP contribution is 2.37. The molecule has 3 heterocycles. The van der Waals surface area contributed by atoms with Gasteiger partial charge in [-0.05, 0) is 31.0 Å². The Morgan fingerprint density at radius 1 is 1.33 bits per heavy atom. The van der Waals surface area contributed by atoms with E-state index in [1.54, 1.807) is 17.3 Å². The van der Waals surface area contributed by atoms with Crippen molar-refractivity contribution >= 4 is 28.8 Å². The molecule has 1 aliphatic rings. The van der Waals surface area contributed by atoms with Gasteiger partial charge in [-0.1, -0.05) is 17.7 Å². The number of hydrogen-bond donors (Lipinski definition) is 2. The molecule has 0 aliphatic carbocycles. The van der Waals surface area contributed by atoms with Crippen LogP contribution in [0.25, 0.3) is 10.4 Å². The van der Waals surface area contributed by atoms with Crippen LogP contribution < -0.4 is 0 Å². The predicted octanol–water partition coefficient (Wildman–Crippen LogP) is 4.05. The van der Waals surface area contributed by atoms with Gasteiger partial charge in [-0.2, -0.15) is 5.10 Å². The largest absolute Gasteiger partial charge is 0.385 e. The van der Waals surface area contributed by atoms with Gasteiger partial charge >= 0.3 is 0 Å². The Morgan fingerprint density at radius 2 is 2.11 bits per heavy atom. The van der Waals surface area contributed by atoms with Crippen LogP contribution in [0.15, 0.2) is 42.0 Å². The number of carbonyl (C=O) groups excluding carboxylic acids is 1. The van der Waals surface area contributed by atoms with Crippen LogP contribution in [0.3, 0.4) is 0 Å². The molecule has 3 aromatic rings. The van der Waals surface area contributed by atoms with Crippen LogP contribution in [0.4, 0.5) is 4.39 Å². The third-order valence-corrected chi connectivity index (χ3v) is 6.23. The highest BCUT2D eigenvalue weighted by atomic mass is 35.5. The van der Waals surface area contributed by atoms with E-state index < -0.39 is 11.4 Å². The quantitative estimate of drug-likeness (QED) is 0.690. The molecule has 0 unspecified atom stereocenters. The van der Waals surface area contributed by atoms with Crippen molar-refractivity contribution in [2.45, 2.75) is 18.4 Å². The molecule has 0 saturated carbocycles. The van der Waals surface area contributed by atoms with E-state index in [1.165, 1.54) is 29.5 Å². The number of halogens is 2. The molecule has 1 saturated heterocycles. The lowest BCUT2D eigenvalue weighted by Crippen LogP contribution is -2.45. The van der Waals surface area contributed by atoms with Crippen molar-refractivity contribution in [3.05, 3.63) is 64.0 Å². The lowest BCUT2D eigenvalue weighted by Gasteiger charge is -2.38. The summed E-state index contributed by atoms with van der Waals surface area (Å²) in [4.78, 5) is 15.5. The van der Waals surface area contributed by atoms with E-state index in [9.17, 15) is 14.3 Å². The Bertz CT molecular complexity index is 965. The average molecular weight is 406 g/mol. The lowest BCUT2D eigenvalue weighted by atomic mass is 9.84. The zero-order chi connectivity index (χ0) is 19.0. The molecule has 1 aromatic carbocycles. The van der Waals surface area contributed by atoms with Crippen LogP contribution in [0, 0.1) is 5.82 Å². The predicted molar refractivity (Wildman–Crippen MR) is 102 cm³/mol. The number of rotatable bonds is 3. The topological polar surface area (TPSA) is 69.2 Å². The average Bonchev–Trinajstić information content (AvgIpc) is 3.33. The third-order valence-electron chi connectivity index (χ3n) is 4.94. The second kappa shape index (κ2) is 7.07. The van der Waals surface area contributed by atoms with E-state index in [-0.39, 0.29) is 10.9 Å². The van der Waals surface area contributed by atoms with Gasteiger partial charge < -0.3 is 10.0 Å². The fourth-order valence-electron chi connectivity index (χ4n) is 3.38. The summed E-state index contributed by atoms with van der Waals surface area (Å²) in [5.41, 5.74) is 0.924. The van der Waals surface area contributed by atoms with Crippen LogP contribution in [0.1, 0.15) is 28.8 Å². The monoisotopic (exact) mass is 405 g/mol. The summed E-state index contributed by atoms with van der Waals surface area (Å²) in [6.45, 7) is 0.805. The maximum Gasteiger partial charge on any atom is 0.254 e. The van der Waals surface area contributed by atoms with E-state index in [0.717, 1.165) is 10.4 Å². The first-order valence-electron chi connectivity index (χ1n) is 8.51. The molecule has 0 atom stereocenters. The molecule has 2 N–H and O–H groups in total. The van der Waals surface area contributed by atoms with Crippen LogP contribution in [0.2, 0.25) is 5.02 Å². The van der Waals surface area contributed by atoms with Gasteiger partial charge in [0.25, 0.3) is 5.91 Å². The number of amides is 1. The second-order valence-electron chi connectivity index (χ2n) is 6.63. The number of nitrogens with zero attached hydrogens (tertiary/aromatic N) is 2. The van der Waals surface area contributed by atoms with E-state index in [2.05, 4.69) is 10.2 Å². The third kappa shape index (κ3) is 3.50. The Morgan fingerprint density at radius 3 is 2.78 bits per heavy atom. The van der Waals surface area contributed by atoms with E-state index >= 15 is 0 Å². The molecule has 0 spiro atoms. The summed E-state index contributed by atoms with van der Waals surface area (Å²) in [5, 5.41) is 19.7. The van der Waals surface area contributed by atoms with Crippen LogP contribution in [-0.2, 0) is 5.60 Å². The van der Waals surface area contributed by atoms with Crippen molar-refractivity contribution in [1.82, 2.24) is 15.1 Å². The first-order chi connectivity index (χ1) is 13.0. The van der Waals surface area contributed by atoms with Crippen molar-refractivity contribution < 1.29 is 14.3 Å². The minimum Gasteiger partial charge on any atom is -0.385 e. The number of piperidine rings is 1. The minimum absolute atomic E-state index is 0.0618. The normalized spacial score (nSPS) is 16.5. The van der Waals surface area contributed by atoms with Crippen molar-refractivity contribution in [2.75, 3.05) is 13.1 Å². The molecule has 4 rings (SSSR count). The maximum atomic E-state index is 13.3. The summed E-state index contributed by atoms with van der Waals surface area (Å²) in [5.74, 6) is -0.501. The van der Waals surface area contributed by atoms with Crippen LogP contribution in [-0.4, -0.2) is 39.2 Å². The van der Waals surface area contributed by atoms with Gasteiger partial charge in [-0.25, -0.2) is 4.39 Å². The minimum atomic E-state index is -1.15. The summed E-state index contributed by atoms with van der Waals surface area (Å²) < 4.78 is 13.3. The van der Waals surface area contributed by atoms with Gasteiger partial charge in [0.2, 0.25) is 0 Å². The zero-order valence-electron chi connectivity index (χ0n) is 14.3. The number of aliphatic hydroxyl groups is 1. The Labute approximate surface area is 164 Å². The van der Waals surface area contributed by atoms with Crippen molar-refractivity contribution in [3.63, 3.8) is 0 Å². The number of aromatic nitrogens is 2. The molecule has 140 valence electrons. The van der Waals surface area contributed by atoms with Gasteiger partial charge in [0.1, 0.15) is 5.82 Å². The Balaban J connectivity index is 1.46.